The highest BCUT2D eigenvalue weighted by atomic mass is 79.9. The zero-order chi connectivity index (χ0) is 27.9. The molecule has 4 rings (SSSR count). The molecule has 1 heterocycles. The summed E-state index contributed by atoms with van der Waals surface area (Å²) in [6.07, 6.45) is 6.09. The van der Waals surface area contributed by atoms with Gasteiger partial charge < -0.3 is 10.2 Å². The summed E-state index contributed by atoms with van der Waals surface area (Å²) in [4.78, 5) is 56.3. The van der Waals surface area contributed by atoms with Crippen LogP contribution in [0.5, 0.6) is 0 Å². The second kappa shape index (κ2) is 13.2. The van der Waals surface area contributed by atoms with Crippen molar-refractivity contribution in [3.05, 3.63) is 82.3 Å². The van der Waals surface area contributed by atoms with Gasteiger partial charge in [0.2, 0.25) is 23.6 Å². The van der Waals surface area contributed by atoms with Crippen LogP contribution in [0.15, 0.2) is 71.2 Å². The molecule has 0 radical (unpaired) electrons. The second-order valence-electron chi connectivity index (χ2n) is 10.4. The average Bonchev–Trinajstić information content (AvgIpc) is 3.19. The lowest BCUT2D eigenvalue weighted by atomic mass is 9.85. The quantitative estimate of drug-likeness (QED) is 0.303. The molecule has 4 atom stereocenters. The number of halogens is 1. The van der Waals surface area contributed by atoms with Crippen molar-refractivity contribution in [1.29, 1.82) is 0 Å². The molecule has 1 fully saturated rings. The van der Waals surface area contributed by atoms with Crippen molar-refractivity contribution >= 4 is 39.6 Å². The first-order valence-electron chi connectivity index (χ1n) is 13.7. The molecule has 2 unspecified atom stereocenters. The van der Waals surface area contributed by atoms with Crippen molar-refractivity contribution < 1.29 is 19.2 Å². The first-order valence-corrected chi connectivity index (χ1v) is 14.5. The van der Waals surface area contributed by atoms with Crippen molar-refractivity contribution in [2.24, 2.45) is 11.8 Å². The van der Waals surface area contributed by atoms with Crippen molar-refractivity contribution in [3.63, 3.8) is 0 Å². The summed E-state index contributed by atoms with van der Waals surface area (Å²) in [7, 11) is 0. The number of rotatable bonds is 11. The number of likely N-dealkylation sites (tertiary alicyclic amines) is 1. The maximum Gasteiger partial charge on any atom is 0.243 e. The highest BCUT2D eigenvalue weighted by molar-refractivity contribution is 9.10. The summed E-state index contributed by atoms with van der Waals surface area (Å²) in [5, 5.41) is 3.06. The molecule has 4 amide bonds. The van der Waals surface area contributed by atoms with Crippen LogP contribution in [0.25, 0.3) is 0 Å². The lowest BCUT2D eigenvalue weighted by Gasteiger charge is -2.33. The summed E-state index contributed by atoms with van der Waals surface area (Å²) in [6.45, 7) is 4.19. The van der Waals surface area contributed by atoms with Crippen LogP contribution in [-0.4, -0.2) is 52.1 Å². The predicted molar refractivity (Wildman–Crippen MR) is 153 cm³/mol. The molecule has 7 nitrogen and oxygen atoms in total. The van der Waals surface area contributed by atoms with Gasteiger partial charge in [-0.15, -0.1) is 0 Å². The minimum absolute atomic E-state index is 0.0192. The van der Waals surface area contributed by atoms with E-state index >= 15 is 0 Å². The van der Waals surface area contributed by atoms with E-state index < -0.39 is 6.04 Å². The van der Waals surface area contributed by atoms with Crippen LogP contribution in [0.1, 0.15) is 50.7 Å². The first kappa shape index (κ1) is 28.7. The van der Waals surface area contributed by atoms with Crippen molar-refractivity contribution in [1.82, 2.24) is 15.1 Å². The Morgan fingerprint density at radius 2 is 1.59 bits per heavy atom. The fraction of sp³-hybridized carbons (Fsp3) is 0.419. The van der Waals surface area contributed by atoms with Crippen LogP contribution in [0.3, 0.4) is 0 Å². The van der Waals surface area contributed by atoms with Gasteiger partial charge in [0.05, 0.1) is 11.8 Å². The summed E-state index contributed by atoms with van der Waals surface area (Å²) in [5.74, 6) is -1.54. The molecule has 206 valence electrons. The Morgan fingerprint density at radius 3 is 2.18 bits per heavy atom. The number of imide groups is 1. The number of hydrogen-bond donors (Lipinski definition) is 1. The maximum atomic E-state index is 13.9. The normalized spacial score (nSPS) is 19.9. The Bertz CT molecular complexity index is 1190. The summed E-state index contributed by atoms with van der Waals surface area (Å²) < 4.78 is 0.918. The minimum atomic E-state index is -0.755. The Kier molecular flexibility index (Phi) is 9.73. The Labute approximate surface area is 238 Å². The second-order valence-corrected chi connectivity index (χ2v) is 11.3. The molecule has 0 saturated carbocycles. The van der Waals surface area contributed by atoms with Gasteiger partial charge in [0.25, 0.3) is 0 Å². The van der Waals surface area contributed by atoms with Crippen LogP contribution in [0.2, 0.25) is 0 Å². The molecule has 0 spiro atoms. The largest absolute Gasteiger partial charge is 0.352 e. The smallest absolute Gasteiger partial charge is 0.243 e. The monoisotopic (exact) mass is 593 g/mol. The lowest BCUT2D eigenvalue weighted by Crippen LogP contribution is -2.52. The van der Waals surface area contributed by atoms with Gasteiger partial charge in [-0.2, -0.15) is 0 Å². The van der Waals surface area contributed by atoms with E-state index in [0.29, 0.717) is 19.3 Å². The van der Waals surface area contributed by atoms with Crippen LogP contribution in [0.4, 0.5) is 0 Å². The number of amides is 4. The Morgan fingerprint density at radius 1 is 0.974 bits per heavy atom. The van der Waals surface area contributed by atoms with E-state index in [-0.39, 0.29) is 61.0 Å². The number of nitrogens with zero attached hydrogens (tertiary/aromatic N) is 2. The third-order valence-corrected chi connectivity index (χ3v) is 8.22. The van der Waals surface area contributed by atoms with Gasteiger partial charge in [0, 0.05) is 36.4 Å². The molecular formula is C31H36BrN3O4. The van der Waals surface area contributed by atoms with Gasteiger partial charge in [0.1, 0.15) is 6.04 Å². The van der Waals surface area contributed by atoms with Gasteiger partial charge in [-0.05, 0) is 49.4 Å². The standard InChI is InChI=1S/C31H36BrN3O4/c1-3-21(2)33-29(37)27(19-22-9-5-4-6-10-22)35(20-23-13-15-24(32)16-14-23)28(36)17-18-34-30(38)25-11-7-8-12-26(25)31(34)39/h4-10,13-16,21,25-27H,3,11-12,17-20H2,1-2H3,(H,33,37)/t21?,25-,26+,27?. The van der Waals surface area contributed by atoms with Crippen LogP contribution in [-0.2, 0) is 32.1 Å². The molecule has 1 N–H and O–H groups in total. The molecule has 39 heavy (non-hydrogen) atoms. The number of nitrogens with one attached hydrogen (secondary N) is 1. The van der Waals surface area contributed by atoms with Gasteiger partial charge >= 0.3 is 0 Å². The third kappa shape index (κ3) is 7.04. The molecular weight excluding hydrogens is 558 g/mol. The van der Waals surface area contributed by atoms with Crippen LogP contribution < -0.4 is 5.32 Å². The van der Waals surface area contributed by atoms with Crippen LogP contribution >= 0.6 is 15.9 Å². The number of carbonyl (C=O) groups is 4. The fourth-order valence-corrected chi connectivity index (χ4v) is 5.49. The average molecular weight is 595 g/mol. The number of allylic oxidation sites excluding steroid dienone is 2. The molecule has 0 bridgehead atoms. The fourth-order valence-electron chi connectivity index (χ4n) is 5.22. The molecule has 2 aromatic carbocycles. The van der Waals surface area contributed by atoms with E-state index in [1.54, 1.807) is 4.90 Å². The van der Waals surface area contributed by atoms with Crippen molar-refractivity contribution in [2.75, 3.05) is 6.54 Å². The zero-order valence-electron chi connectivity index (χ0n) is 22.5. The SMILES string of the molecule is CCC(C)NC(=O)C(Cc1ccccc1)N(Cc1ccc(Br)cc1)C(=O)CCN1C(=O)[C@H]2CC=CC[C@H]2C1=O. The number of benzene rings is 2. The topological polar surface area (TPSA) is 86.8 Å². The van der Waals surface area contributed by atoms with Gasteiger partial charge in [-0.3, -0.25) is 24.1 Å². The summed E-state index contributed by atoms with van der Waals surface area (Å²) >= 11 is 3.45. The molecule has 1 aliphatic heterocycles. The van der Waals surface area contributed by atoms with E-state index in [0.717, 1.165) is 22.0 Å². The Hall–Kier alpha value is -3.26. The van der Waals surface area contributed by atoms with Crippen LogP contribution in [0, 0.1) is 11.8 Å². The van der Waals surface area contributed by atoms with Gasteiger partial charge in [-0.25, -0.2) is 0 Å². The zero-order valence-corrected chi connectivity index (χ0v) is 24.1. The third-order valence-electron chi connectivity index (χ3n) is 7.69. The number of fused-ring (bicyclic) bond motifs is 1. The van der Waals surface area contributed by atoms with E-state index in [1.165, 1.54) is 4.90 Å². The van der Waals surface area contributed by atoms with E-state index in [1.807, 2.05) is 80.6 Å². The molecule has 2 aromatic rings. The van der Waals surface area contributed by atoms with Crippen molar-refractivity contribution in [3.8, 4) is 0 Å². The first-order chi connectivity index (χ1) is 18.8. The van der Waals surface area contributed by atoms with E-state index in [2.05, 4.69) is 21.2 Å². The highest BCUT2D eigenvalue weighted by Gasteiger charge is 2.47. The van der Waals surface area contributed by atoms with E-state index in [9.17, 15) is 19.2 Å². The summed E-state index contributed by atoms with van der Waals surface area (Å²) in [5.41, 5.74) is 1.82. The number of hydrogen-bond acceptors (Lipinski definition) is 4. The molecule has 0 aromatic heterocycles. The molecule has 2 aliphatic rings. The van der Waals surface area contributed by atoms with E-state index in [4.69, 9.17) is 0 Å². The molecule has 1 aliphatic carbocycles. The highest BCUT2D eigenvalue weighted by Crippen LogP contribution is 2.35. The minimum Gasteiger partial charge on any atom is -0.352 e. The summed E-state index contributed by atoms with van der Waals surface area (Å²) in [6, 6.07) is 16.5. The lowest BCUT2D eigenvalue weighted by molar-refractivity contribution is -0.144. The predicted octanol–water partition coefficient (Wildman–Crippen LogP) is 4.65. The van der Waals surface area contributed by atoms with Gasteiger partial charge in [0.15, 0.2) is 0 Å². The molecule has 8 heteroatoms. The number of carbonyl (C=O) groups excluding carboxylic acids is 4. The Balaban J connectivity index is 1.58. The van der Waals surface area contributed by atoms with Crippen molar-refractivity contribution in [2.45, 2.75) is 64.6 Å². The van der Waals surface area contributed by atoms with Gasteiger partial charge in [-0.1, -0.05) is 77.5 Å². The molecule has 1 saturated heterocycles. The maximum absolute atomic E-state index is 13.9.